The van der Waals surface area contributed by atoms with Crippen molar-refractivity contribution in [3.8, 4) is 11.5 Å². The molecule has 2 N–H and O–H groups in total. The lowest BCUT2D eigenvalue weighted by Crippen LogP contribution is -2.38. The highest BCUT2D eigenvalue weighted by molar-refractivity contribution is 6.09. The van der Waals surface area contributed by atoms with Crippen LogP contribution < -0.4 is 20.1 Å². The van der Waals surface area contributed by atoms with E-state index in [1.807, 2.05) is 24.3 Å². The van der Waals surface area contributed by atoms with Crippen LogP contribution in [0.15, 0.2) is 48.2 Å². The summed E-state index contributed by atoms with van der Waals surface area (Å²) in [5, 5.41) is 5.74. The summed E-state index contributed by atoms with van der Waals surface area (Å²) in [5.74, 6) is 0.714. The number of morpholine rings is 1. The third-order valence-electron chi connectivity index (χ3n) is 5.40. The molecule has 1 saturated heterocycles. The lowest BCUT2D eigenvalue weighted by atomic mass is 10.1. The zero-order chi connectivity index (χ0) is 22.3. The number of carbonyl (C=O) groups is 2. The molecule has 0 radical (unpaired) electrons. The zero-order valence-electron chi connectivity index (χ0n) is 18.1. The molecule has 0 atom stereocenters. The quantitative estimate of drug-likeness (QED) is 0.511. The van der Waals surface area contributed by atoms with Gasteiger partial charge in [-0.15, -0.1) is 0 Å². The van der Waals surface area contributed by atoms with E-state index in [0.717, 1.165) is 44.8 Å². The number of benzene rings is 2. The van der Waals surface area contributed by atoms with Gasteiger partial charge in [0.15, 0.2) is 11.5 Å². The Morgan fingerprint density at radius 1 is 1.22 bits per heavy atom. The molecule has 2 aromatic carbocycles. The Hall–Kier alpha value is -3.36. The first kappa shape index (κ1) is 21.9. The lowest BCUT2D eigenvalue weighted by molar-refractivity contribution is -0.115. The molecular formula is C24H27N3O5. The summed E-state index contributed by atoms with van der Waals surface area (Å²) in [6, 6.07) is 12.4. The third kappa shape index (κ3) is 5.27. The number of para-hydroxylation sites is 1. The number of ether oxygens (including phenoxy) is 3. The first-order chi connectivity index (χ1) is 15.6. The van der Waals surface area contributed by atoms with Gasteiger partial charge in [-0.1, -0.05) is 18.2 Å². The van der Waals surface area contributed by atoms with Crippen molar-refractivity contribution in [2.24, 2.45) is 0 Å². The van der Waals surface area contributed by atoms with Crippen LogP contribution in [0.2, 0.25) is 0 Å². The first-order valence-electron chi connectivity index (χ1n) is 10.7. The maximum Gasteiger partial charge on any atom is 0.291 e. The van der Waals surface area contributed by atoms with Crippen LogP contribution in [0.25, 0.3) is 6.08 Å². The second kappa shape index (κ2) is 10.3. The molecule has 0 bridgehead atoms. The van der Waals surface area contributed by atoms with Gasteiger partial charge in [0.1, 0.15) is 5.75 Å². The fourth-order valence-electron chi connectivity index (χ4n) is 3.66. The number of methoxy groups -OCH3 is 1. The fraction of sp³-hybridized carbons (Fsp3) is 0.333. The topological polar surface area (TPSA) is 89.1 Å². The van der Waals surface area contributed by atoms with Gasteiger partial charge in [0, 0.05) is 30.8 Å². The maximum absolute atomic E-state index is 12.5. The highest BCUT2D eigenvalue weighted by Gasteiger charge is 2.23. The van der Waals surface area contributed by atoms with Crippen molar-refractivity contribution in [1.29, 1.82) is 0 Å². The first-order valence-corrected chi connectivity index (χ1v) is 10.7. The summed E-state index contributed by atoms with van der Waals surface area (Å²) >= 11 is 0. The van der Waals surface area contributed by atoms with Crippen LogP contribution in [0.4, 0.5) is 5.69 Å². The van der Waals surface area contributed by atoms with E-state index in [1.54, 1.807) is 31.4 Å². The Kier molecular flexibility index (Phi) is 7.03. The molecule has 0 saturated carbocycles. The van der Waals surface area contributed by atoms with E-state index in [2.05, 4.69) is 15.5 Å². The van der Waals surface area contributed by atoms with Crippen LogP contribution >= 0.6 is 0 Å². The van der Waals surface area contributed by atoms with Crippen molar-refractivity contribution < 1.29 is 23.8 Å². The minimum atomic E-state index is -0.383. The molecule has 0 spiro atoms. The summed E-state index contributed by atoms with van der Waals surface area (Å²) in [7, 11) is 1.57. The number of anilines is 1. The molecule has 0 unspecified atom stereocenters. The molecule has 2 aromatic rings. The second-order valence-electron chi connectivity index (χ2n) is 7.58. The Labute approximate surface area is 187 Å². The molecule has 0 aromatic heterocycles. The summed E-state index contributed by atoms with van der Waals surface area (Å²) in [5.41, 5.74) is 1.67. The molecular weight excluding hydrogens is 410 g/mol. The molecule has 32 heavy (non-hydrogen) atoms. The summed E-state index contributed by atoms with van der Waals surface area (Å²) in [4.78, 5) is 27.4. The Balaban J connectivity index is 1.36. The highest BCUT2D eigenvalue weighted by Crippen LogP contribution is 2.33. The van der Waals surface area contributed by atoms with Crippen molar-refractivity contribution in [1.82, 2.24) is 10.2 Å². The minimum Gasteiger partial charge on any atom is -0.496 e. The number of hydrogen-bond donors (Lipinski definition) is 2. The van der Waals surface area contributed by atoms with Gasteiger partial charge >= 0.3 is 0 Å². The highest BCUT2D eigenvalue weighted by atomic mass is 16.5. The molecule has 2 amide bonds. The smallest absolute Gasteiger partial charge is 0.291 e. The number of amides is 2. The Bertz CT molecular complexity index is 1010. The summed E-state index contributed by atoms with van der Waals surface area (Å²) in [6.07, 6.45) is 2.50. The number of nitrogens with one attached hydrogen (secondary N) is 2. The number of fused-ring (bicyclic) bond motifs is 1. The van der Waals surface area contributed by atoms with Gasteiger partial charge in [-0.05, 0) is 43.3 Å². The molecule has 2 aliphatic rings. The normalized spacial score (nSPS) is 17.3. The molecule has 168 valence electrons. The van der Waals surface area contributed by atoms with E-state index in [4.69, 9.17) is 14.2 Å². The predicted molar refractivity (Wildman–Crippen MR) is 121 cm³/mol. The maximum atomic E-state index is 12.5. The average Bonchev–Trinajstić information content (AvgIpc) is 2.83. The fourth-order valence-corrected chi connectivity index (χ4v) is 3.66. The van der Waals surface area contributed by atoms with Crippen molar-refractivity contribution in [3.63, 3.8) is 0 Å². The van der Waals surface area contributed by atoms with Crippen LogP contribution in [0.3, 0.4) is 0 Å². The van der Waals surface area contributed by atoms with E-state index in [1.165, 1.54) is 0 Å². The average molecular weight is 437 g/mol. The molecule has 8 heteroatoms. The van der Waals surface area contributed by atoms with Gasteiger partial charge in [-0.2, -0.15) is 0 Å². The SMILES string of the molecule is COc1ccccc1C=C1Oc2ccc(C(=O)NCCCN3CCOCC3)cc2NC1=O. The third-order valence-corrected chi connectivity index (χ3v) is 5.40. The van der Waals surface area contributed by atoms with Gasteiger partial charge in [-0.25, -0.2) is 0 Å². The van der Waals surface area contributed by atoms with Crippen LogP contribution in [-0.4, -0.2) is 63.2 Å². The zero-order valence-corrected chi connectivity index (χ0v) is 18.1. The van der Waals surface area contributed by atoms with E-state index in [0.29, 0.717) is 29.3 Å². The van der Waals surface area contributed by atoms with Gasteiger partial charge in [0.2, 0.25) is 0 Å². The van der Waals surface area contributed by atoms with Gasteiger partial charge in [0.25, 0.3) is 11.8 Å². The molecule has 1 fully saturated rings. The number of rotatable bonds is 7. The Morgan fingerprint density at radius 3 is 2.84 bits per heavy atom. The molecule has 0 aliphatic carbocycles. The number of carbonyl (C=O) groups excluding carboxylic acids is 2. The molecule has 4 rings (SSSR count). The molecule has 2 aliphatic heterocycles. The Morgan fingerprint density at radius 2 is 2.03 bits per heavy atom. The number of nitrogens with zero attached hydrogens (tertiary/aromatic N) is 1. The van der Waals surface area contributed by atoms with E-state index in [-0.39, 0.29) is 17.6 Å². The van der Waals surface area contributed by atoms with Gasteiger partial charge in [0.05, 0.1) is 26.0 Å². The van der Waals surface area contributed by atoms with Gasteiger partial charge < -0.3 is 24.8 Å². The van der Waals surface area contributed by atoms with Crippen LogP contribution in [0, 0.1) is 0 Å². The van der Waals surface area contributed by atoms with Gasteiger partial charge in [-0.3, -0.25) is 14.5 Å². The molecule has 2 heterocycles. The van der Waals surface area contributed by atoms with Crippen LogP contribution in [-0.2, 0) is 9.53 Å². The van der Waals surface area contributed by atoms with E-state index < -0.39 is 0 Å². The number of hydrogen-bond acceptors (Lipinski definition) is 6. The monoisotopic (exact) mass is 437 g/mol. The van der Waals surface area contributed by atoms with Crippen molar-refractivity contribution in [2.45, 2.75) is 6.42 Å². The van der Waals surface area contributed by atoms with Crippen molar-refractivity contribution in [2.75, 3.05) is 51.8 Å². The standard InChI is InChI=1S/C24H27N3O5/c1-30-20-6-3-2-5-17(20)16-22-24(29)26-19-15-18(7-8-21(19)32-22)23(28)25-9-4-10-27-11-13-31-14-12-27/h2-3,5-8,15-16H,4,9-14H2,1H3,(H,25,28)(H,26,29). The molecule has 8 nitrogen and oxygen atoms in total. The van der Waals surface area contributed by atoms with E-state index >= 15 is 0 Å². The van der Waals surface area contributed by atoms with Crippen LogP contribution in [0.5, 0.6) is 11.5 Å². The van der Waals surface area contributed by atoms with E-state index in [9.17, 15) is 9.59 Å². The van der Waals surface area contributed by atoms with Crippen LogP contribution in [0.1, 0.15) is 22.3 Å². The second-order valence-corrected chi connectivity index (χ2v) is 7.58. The largest absolute Gasteiger partial charge is 0.496 e. The minimum absolute atomic E-state index is 0.155. The van der Waals surface area contributed by atoms with Crippen molar-refractivity contribution >= 4 is 23.6 Å². The van der Waals surface area contributed by atoms with Crippen molar-refractivity contribution in [3.05, 3.63) is 59.4 Å². The summed E-state index contributed by atoms with van der Waals surface area (Å²) < 4.78 is 16.5. The summed E-state index contributed by atoms with van der Waals surface area (Å²) in [6.45, 7) is 4.93. The predicted octanol–water partition coefficient (Wildman–Crippen LogP) is 2.52. The lowest BCUT2D eigenvalue weighted by Gasteiger charge is -2.26.